The van der Waals surface area contributed by atoms with Crippen LogP contribution in [0.25, 0.3) is 0 Å². The SMILES string of the molecule is Cc1[nH]ncc1CCCNc1cc(Cl)nc(C(C)C)n1. The predicted molar refractivity (Wildman–Crippen MR) is 81.3 cm³/mol. The Balaban J connectivity index is 1.86. The number of aryl methyl sites for hydroxylation is 2. The molecule has 108 valence electrons. The molecule has 2 rings (SSSR count). The highest BCUT2D eigenvalue weighted by Crippen LogP contribution is 2.17. The van der Waals surface area contributed by atoms with Gasteiger partial charge in [0.1, 0.15) is 16.8 Å². The lowest BCUT2D eigenvalue weighted by atomic mass is 10.1. The first-order chi connectivity index (χ1) is 9.56. The van der Waals surface area contributed by atoms with Crippen molar-refractivity contribution in [1.82, 2.24) is 20.2 Å². The van der Waals surface area contributed by atoms with E-state index in [1.165, 1.54) is 5.56 Å². The number of aromatic nitrogens is 4. The third-order valence-corrected chi connectivity index (χ3v) is 3.29. The third-order valence-electron chi connectivity index (χ3n) is 3.09. The van der Waals surface area contributed by atoms with Crippen molar-refractivity contribution >= 4 is 17.4 Å². The van der Waals surface area contributed by atoms with Gasteiger partial charge in [-0.1, -0.05) is 25.4 Å². The highest BCUT2D eigenvalue weighted by atomic mass is 35.5. The molecule has 0 fully saturated rings. The van der Waals surface area contributed by atoms with E-state index in [9.17, 15) is 0 Å². The molecular formula is C14H20ClN5. The van der Waals surface area contributed by atoms with Crippen LogP contribution in [0.1, 0.15) is 43.3 Å². The van der Waals surface area contributed by atoms with Crippen molar-refractivity contribution in [3.8, 4) is 0 Å². The molecule has 0 aliphatic heterocycles. The van der Waals surface area contributed by atoms with Crippen LogP contribution in [-0.4, -0.2) is 26.7 Å². The Hall–Kier alpha value is -1.62. The average Bonchev–Trinajstić information content (AvgIpc) is 2.80. The van der Waals surface area contributed by atoms with Crippen LogP contribution in [-0.2, 0) is 6.42 Å². The van der Waals surface area contributed by atoms with E-state index in [0.717, 1.165) is 36.7 Å². The largest absolute Gasteiger partial charge is 0.370 e. The standard InChI is InChI=1S/C14H20ClN5/c1-9(2)14-18-12(15)7-13(19-14)16-6-4-5-11-8-17-20-10(11)3/h7-9H,4-6H2,1-3H3,(H,17,20)(H,16,18,19). The van der Waals surface area contributed by atoms with Crippen molar-refractivity contribution < 1.29 is 0 Å². The predicted octanol–water partition coefficient (Wildman–Crippen LogP) is 3.33. The fraction of sp³-hybridized carbons (Fsp3) is 0.500. The zero-order chi connectivity index (χ0) is 14.5. The van der Waals surface area contributed by atoms with Crippen molar-refractivity contribution in [3.63, 3.8) is 0 Å². The summed E-state index contributed by atoms with van der Waals surface area (Å²) in [5, 5.41) is 10.7. The number of nitrogens with zero attached hydrogens (tertiary/aromatic N) is 3. The monoisotopic (exact) mass is 293 g/mol. The molecule has 0 aromatic carbocycles. The Morgan fingerprint density at radius 2 is 2.15 bits per heavy atom. The van der Waals surface area contributed by atoms with E-state index in [0.29, 0.717) is 5.15 Å². The smallest absolute Gasteiger partial charge is 0.135 e. The molecule has 0 spiro atoms. The molecule has 2 aromatic heterocycles. The second kappa shape index (κ2) is 6.70. The molecule has 0 unspecified atom stereocenters. The van der Waals surface area contributed by atoms with Gasteiger partial charge in [-0.3, -0.25) is 5.10 Å². The van der Waals surface area contributed by atoms with Crippen molar-refractivity contribution in [2.45, 2.75) is 39.5 Å². The molecule has 2 N–H and O–H groups in total. The number of nitrogens with one attached hydrogen (secondary N) is 2. The maximum Gasteiger partial charge on any atom is 0.135 e. The van der Waals surface area contributed by atoms with Gasteiger partial charge >= 0.3 is 0 Å². The first kappa shape index (κ1) is 14.8. The Morgan fingerprint density at radius 1 is 1.35 bits per heavy atom. The van der Waals surface area contributed by atoms with Crippen LogP contribution in [0.5, 0.6) is 0 Å². The fourth-order valence-electron chi connectivity index (χ4n) is 1.91. The number of hydrogen-bond donors (Lipinski definition) is 2. The normalized spacial score (nSPS) is 11.1. The van der Waals surface area contributed by atoms with Crippen molar-refractivity contribution in [2.75, 3.05) is 11.9 Å². The Bertz CT molecular complexity index is 564. The zero-order valence-corrected chi connectivity index (χ0v) is 12.8. The lowest BCUT2D eigenvalue weighted by Gasteiger charge is -2.09. The van der Waals surface area contributed by atoms with Gasteiger partial charge in [-0.05, 0) is 25.3 Å². The van der Waals surface area contributed by atoms with Gasteiger partial charge in [0.15, 0.2) is 0 Å². The van der Waals surface area contributed by atoms with E-state index in [1.807, 2.05) is 13.1 Å². The van der Waals surface area contributed by atoms with Gasteiger partial charge in [0.2, 0.25) is 0 Å². The topological polar surface area (TPSA) is 66.5 Å². The third kappa shape index (κ3) is 3.93. The molecule has 0 aliphatic rings. The Morgan fingerprint density at radius 3 is 2.80 bits per heavy atom. The summed E-state index contributed by atoms with van der Waals surface area (Å²) < 4.78 is 0. The highest BCUT2D eigenvalue weighted by Gasteiger charge is 2.07. The molecule has 5 nitrogen and oxygen atoms in total. The highest BCUT2D eigenvalue weighted by molar-refractivity contribution is 6.29. The van der Waals surface area contributed by atoms with E-state index >= 15 is 0 Å². The van der Waals surface area contributed by atoms with Gasteiger partial charge < -0.3 is 5.32 Å². The molecule has 0 radical (unpaired) electrons. The molecule has 0 amide bonds. The molecule has 20 heavy (non-hydrogen) atoms. The minimum Gasteiger partial charge on any atom is -0.370 e. The van der Waals surface area contributed by atoms with Crippen LogP contribution in [0.2, 0.25) is 5.15 Å². The Labute approximate surface area is 124 Å². The summed E-state index contributed by atoms with van der Waals surface area (Å²) in [6.07, 6.45) is 3.89. The van der Waals surface area contributed by atoms with Gasteiger partial charge in [0.25, 0.3) is 0 Å². The van der Waals surface area contributed by atoms with Crippen molar-refractivity contribution in [3.05, 3.63) is 34.5 Å². The van der Waals surface area contributed by atoms with E-state index in [-0.39, 0.29) is 5.92 Å². The van der Waals surface area contributed by atoms with Gasteiger partial charge in [-0.2, -0.15) is 5.10 Å². The van der Waals surface area contributed by atoms with Crippen LogP contribution >= 0.6 is 11.6 Å². The van der Waals surface area contributed by atoms with Gasteiger partial charge in [-0.25, -0.2) is 9.97 Å². The molecule has 2 aromatic rings. The van der Waals surface area contributed by atoms with Gasteiger partial charge in [-0.15, -0.1) is 0 Å². The maximum absolute atomic E-state index is 6.01. The molecule has 0 atom stereocenters. The van der Waals surface area contributed by atoms with Crippen LogP contribution in [0, 0.1) is 6.92 Å². The van der Waals surface area contributed by atoms with Crippen LogP contribution in [0.3, 0.4) is 0 Å². The number of aromatic amines is 1. The number of anilines is 1. The summed E-state index contributed by atoms with van der Waals surface area (Å²) in [5.41, 5.74) is 2.40. The molecule has 6 heteroatoms. The van der Waals surface area contributed by atoms with E-state index in [2.05, 4.69) is 39.3 Å². The van der Waals surface area contributed by atoms with E-state index in [1.54, 1.807) is 6.07 Å². The van der Waals surface area contributed by atoms with Crippen LogP contribution in [0.4, 0.5) is 5.82 Å². The molecule has 0 bridgehead atoms. The Kier molecular flexibility index (Phi) is 4.95. The summed E-state index contributed by atoms with van der Waals surface area (Å²) in [6, 6.07) is 1.76. The molecular weight excluding hydrogens is 274 g/mol. The number of halogens is 1. The van der Waals surface area contributed by atoms with Crippen molar-refractivity contribution in [1.29, 1.82) is 0 Å². The summed E-state index contributed by atoms with van der Waals surface area (Å²) in [7, 11) is 0. The summed E-state index contributed by atoms with van der Waals surface area (Å²) in [6.45, 7) is 6.98. The van der Waals surface area contributed by atoms with Crippen LogP contribution < -0.4 is 5.32 Å². The fourth-order valence-corrected chi connectivity index (χ4v) is 2.10. The molecule has 2 heterocycles. The first-order valence-electron chi connectivity index (χ1n) is 6.83. The van der Waals surface area contributed by atoms with Gasteiger partial charge in [0, 0.05) is 24.2 Å². The molecule has 0 saturated heterocycles. The first-order valence-corrected chi connectivity index (χ1v) is 7.21. The van der Waals surface area contributed by atoms with Crippen LogP contribution in [0.15, 0.2) is 12.3 Å². The number of hydrogen-bond acceptors (Lipinski definition) is 4. The lowest BCUT2D eigenvalue weighted by Crippen LogP contribution is -2.07. The summed E-state index contributed by atoms with van der Waals surface area (Å²) >= 11 is 6.01. The quantitative estimate of drug-likeness (QED) is 0.633. The summed E-state index contributed by atoms with van der Waals surface area (Å²) in [4.78, 5) is 8.68. The molecule has 0 saturated carbocycles. The van der Waals surface area contributed by atoms with E-state index < -0.39 is 0 Å². The minimum absolute atomic E-state index is 0.267. The van der Waals surface area contributed by atoms with E-state index in [4.69, 9.17) is 11.6 Å². The maximum atomic E-state index is 6.01. The second-order valence-electron chi connectivity index (χ2n) is 5.14. The van der Waals surface area contributed by atoms with Gasteiger partial charge in [0.05, 0.1) is 6.20 Å². The number of H-pyrrole nitrogens is 1. The molecule has 0 aliphatic carbocycles. The summed E-state index contributed by atoms with van der Waals surface area (Å²) in [5.74, 6) is 1.83. The second-order valence-corrected chi connectivity index (χ2v) is 5.53. The lowest BCUT2D eigenvalue weighted by molar-refractivity contribution is 0.771. The average molecular weight is 294 g/mol. The minimum atomic E-state index is 0.267. The number of rotatable bonds is 6. The zero-order valence-electron chi connectivity index (χ0n) is 12.1. The van der Waals surface area contributed by atoms with Crippen molar-refractivity contribution in [2.24, 2.45) is 0 Å².